The van der Waals surface area contributed by atoms with Crippen LogP contribution < -0.4 is 15.4 Å². The Hall–Kier alpha value is -3.67. The Morgan fingerprint density at radius 3 is 2.73 bits per heavy atom. The summed E-state index contributed by atoms with van der Waals surface area (Å²) in [5.41, 5.74) is 2.19. The first-order chi connectivity index (χ1) is 19.7. The maximum Gasteiger partial charge on any atom is 0.228 e. The van der Waals surface area contributed by atoms with Gasteiger partial charge in [-0.25, -0.2) is 27.8 Å². The number of rotatable bonds is 10. The average Bonchev–Trinajstić information content (AvgIpc) is 2.96. The molecule has 1 fully saturated rings. The summed E-state index contributed by atoms with van der Waals surface area (Å²) in [6, 6.07) is 12.1. The summed E-state index contributed by atoms with van der Waals surface area (Å²) in [6.45, 7) is 5.41. The fourth-order valence-corrected chi connectivity index (χ4v) is 6.71. The number of hydrogen-bond acceptors (Lipinski definition) is 9. The highest BCUT2D eigenvalue weighted by Gasteiger charge is 2.23. The topological polar surface area (TPSA) is 115 Å². The molecule has 9 nitrogen and oxygen atoms in total. The second-order valence-corrected chi connectivity index (χ2v) is 12.5. The van der Waals surface area contributed by atoms with Crippen LogP contribution in [0.4, 0.5) is 10.3 Å². The third kappa shape index (κ3) is 6.80. The van der Waals surface area contributed by atoms with Gasteiger partial charge in [-0.05, 0) is 74.5 Å². The highest BCUT2D eigenvalue weighted by molar-refractivity contribution is 7.90. The molecule has 1 aliphatic heterocycles. The number of piperidine rings is 1. The first kappa shape index (κ1) is 28.8. The van der Waals surface area contributed by atoms with Crippen LogP contribution in [-0.2, 0) is 20.3 Å². The molecule has 4 aromatic rings. The van der Waals surface area contributed by atoms with Crippen molar-refractivity contribution in [3.05, 3.63) is 71.8 Å². The minimum atomic E-state index is -3.64. The molecular weight excluding hydrogens is 545 g/mol. The SMILES string of the molecule is COC(C)CS(=O)(=O)Cc1c(F)ccc2c(Oc3ncccc3-c3ccnc(N[C@H]4CCCNC4)n3)c(C)ccc12. The Morgan fingerprint density at radius 1 is 1.12 bits per heavy atom. The molecule has 1 saturated heterocycles. The third-order valence-corrected chi connectivity index (χ3v) is 8.90. The van der Waals surface area contributed by atoms with Gasteiger partial charge in [0.15, 0.2) is 9.84 Å². The molecule has 2 atom stereocenters. The van der Waals surface area contributed by atoms with E-state index in [-0.39, 0.29) is 17.4 Å². The molecule has 0 radical (unpaired) electrons. The lowest BCUT2D eigenvalue weighted by Crippen LogP contribution is -2.38. The van der Waals surface area contributed by atoms with E-state index in [0.29, 0.717) is 39.6 Å². The molecule has 0 bridgehead atoms. The number of methoxy groups -OCH3 is 1. The van der Waals surface area contributed by atoms with E-state index in [1.165, 1.54) is 13.2 Å². The Labute approximate surface area is 239 Å². The fraction of sp³-hybridized carbons (Fsp3) is 0.367. The van der Waals surface area contributed by atoms with Gasteiger partial charge in [-0.2, -0.15) is 0 Å². The molecular formula is C30H34FN5O4S. The van der Waals surface area contributed by atoms with Crippen molar-refractivity contribution in [2.24, 2.45) is 0 Å². The highest BCUT2D eigenvalue weighted by atomic mass is 32.2. The number of fused-ring (bicyclic) bond motifs is 1. The molecule has 5 rings (SSSR count). The summed E-state index contributed by atoms with van der Waals surface area (Å²) < 4.78 is 52.3. The Bertz CT molecular complexity index is 1640. The monoisotopic (exact) mass is 579 g/mol. The van der Waals surface area contributed by atoms with Gasteiger partial charge in [0.25, 0.3) is 0 Å². The predicted octanol–water partition coefficient (Wildman–Crippen LogP) is 5.05. The molecule has 216 valence electrons. The quantitative estimate of drug-likeness (QED) is 0.266. The molecule has 41 heavy (non-hydrogen) atoms. The number of sulfone groups is 1. The number of anilines is 1. The van der Waals surface area contributed by atoms with E-state index >= 15 is 4.39 Å². The van der Waals surface area contributed by atoms with Crippen molar-refractivity contribution < 1.29 is 22.3 Å². The van der Waals surface area contributed by atoms with Crippen LogP contribution in [0.15, 0.2) is 54.9 Å². The Morgan fingerprint density at radius 2 is 1.95 bits per heavy atom. The van der Waals surface area contributed by atoms with Crippen molar-refractivity contribution in [1.29, 1.82) is 0 Å². The standard InChI is InChI=1S/C30H34FN5O4S/c1-19-8-9-22-23(10-11-26(31)25(22)18-41(37,38)17-20(2)39-3)28(19)40-29-24(7-5-14-33-29)27-12-15-34-30(36-27)35-21-6-4-13-32-16-21/h5,7-12,14-15,20-21,32H,4,6,13,16-18H2,1-3H3,(H,34,35,36)/t20?,21-/m0/s1. The van der Waals surface area contributed by atoms with E-state index < -0.39 is 27.5 Å². The number of ether oxygens (including phenoxy) is 2. The Kier molecular flexibility index (Phi) is 8.77. The maximum absolute atomic E-state index is 15.0. The zero-order chi connectivity index (χ0) is 29.0. The molecule has 1 unspecified atom stereocenters. The van der Waals surface area contributed by atoms with E-state index in [1.807, 2.05) is 13.0 Å². The van der Waals surface area contributed by atoms with Gasteiger partial charge in [0.2, 0.25) is 11.8 Å². The van der Waals surface area contributed by atoms with Crippen molar-refractivity contribution in [3.63, 3.8) is 0 Å². The van der Waals surface area contributed by atoms with E-state index in [1.54, 1.807) is 49.6 Å². The molecule has 1 aliphatic rings. The lowest BCUT2D eigenvalue weighted by molar-refractivity contribution is 0.136. The van der Waals surface area contributed by atoms with Crippen LogP contribution in [0.2, 0.25) is 0 Å². The van der Waals surface area contributed by atoms with Crippen LogP contribution in [-0.4, -0.2) is 61.5 Å². The molecule has 11 heteroatoms. The maximum atomic E-state index is 15.0. The van der Waals surface area contributed by atoms with Crippen molar-refractivity contribution in [2.45, 2.75) is 44.6 Å². The van der Waals surface area contributed by atoms with Crippen molar-refractivity contribution in [3.8, 4) is 22.9 Å². The van der Waals surface area contributed by atoms with Crippen LogP contribution in [0.5, 0.6) is 11.6 Å². The number of nitrogens with zero attached hydrogens (tertiary/aromatic N) is 3. The summed E-state index contributed by atoms with van der Waals surface area (Å²) in [7, 11) is -2.19. The molecule has 2 N–H and O–H groups in total. The summed E-state index contributed by atoms with van der Waals surface area (Å²) in [5, 5.41) is 7.83. The third-order valence-electron chi connectivity index (χ3n) is 7.19. The lowest BCUT2D eigenvalue weighted by atomic mass is 10.0. The van der Waals surface area contributed by atoms with Crippen LogP contribution in [0.25, 0.3) is 22.0 Å². The number of nitrogens with one attached hydrogen (secondary N) is 2. The molecule has 0 spiro atoms. The van der Waals surface area contributed by atoms with Gasteiger partial charge in [0.1, 0.15) is 11.6 Å². The molecule has 2 aromatic heterocycles. The smallest absolute Gasteiger partial charge is 0.228 e. The first-order valence-corrected chi connectivity index (χ1v) is 15.4. The minimum absolute atomic E-state index is 0.0978. The van der Waals surface area contributed by atoms with Gasteiger partial charge in [-0.15, -0.1) is 0 Å². The number of halogens is 1. The van der Waals surface area contributed by atoms with E-state index in [9.17, 15) is 8.42 Å². The van der Waals surface area contributed by atoms with Crippen LogP contribution in [0.1, 0.15) is 30.9 Å². The normalized spacial score (nSPS) is 16.4. The molecule has 3 heterocycles. The molecule has 0 saturated carbocycles. The highest BCUT2D eigenvalue weighted by Crippen LogP contribution is 2.38. The first-order valence-electron chi connectivity index (χ1n) is 13.6. The van der Waals surface area contributed by atoms with Crippen LogP contribution in [0.3, 0.4) is 0 Å². The number of hydrogen-bond donors (Lipinski definition) is 2. The van der Waals surface area contributed by atoms with Crippen LogP contribution in [0, 0.1) is 12.7 Å². The molecule has 2 aromatic carbocycles. The van der Waals surface area contributed by atoms with Gasteiger partial charge in [-0.3, -0.25) is 0 Å². The van der Waals surface area contributed by atoms with Gasteiger partial charge in [0.05, 0.1) is 28.9 Å². The second kappa shape index (κ2) is 12.5. The van der Waals surface area contributed by atoms with Crippen LogP contribution >= 0.6 is 0 Å². The molecule has 0 aliphatic carbocycles. The summed E-state index contributed by atoms with van der Waals surface area (Å²) in [6.07, 6.45) is 4.95. The zero-order valence-corrected chi connectivity index (χ0v) is 24.2. The number of benzene rings is 2. The van der Waals surface area contributed by atoms with Gasteiger partial charge in [0, 0.05) is 43.0 Å². The number of pyridine rings is 1. The summed E-state index contributed by atoms with van der Waals surface area (Å²) >= 11 is 0. The van der Waals surface area contributed by atoms with Crippen molar-refractivity contribution >= 4 is 26.6 Å². The predicted molar refractivity (Wildman–Crippen MR) is 157 cm³/mol. The van der Waals surface area contributed by atoms with E-state index in [0.717, 1.165) is 31.5 Å². The van der Waals surface area contributed by atoms with Crippen molar-refractivity contribution in [2.75, 3.05) is 31.3 Å². The molecule has 0 amide bonds. The van der Waals surface area contributed by atoms with Gasteiger partial charge in [-0.1, -0.05) is 12.1 Å². The average molecular weight is 580 g/mol. The fourth-order valence-electron chi connectivity index (χ4n) is 5.01. The number of aromatic nitrogens is 3. The second-order valence-electron chi connectivity index (χ2n) is 10.3. The van der Waals surface area contributed by atoms with Crippen molar-refractivity contribution in [1.82, 2.24) is 20.3 Å². The number of aryl methyl sites for hydroxylation is 1. The van der Waals surface area contributed by atoms with E-state index in [4.69, 9.17) is 14.5 Å². The largest absolute Gasteiger partial charge is 0.437 e. The Balaban J connectivity index is 1.49. The summed E-state index contributed by atoms with van der Waals surface area (Å²) in [5.74, 6) is 0.0597. The minimum Gasteiger partial charge on any atom is -0.437 e. The van der Waals surface area contributed by atoms with Gasteiger partial charge < -0.3 is 20.1 Å². The van der Waals surface area contributed by atoms with Gasteiger partial charge >= 0.3 is 0 Å². The summed E-state index contributed by atoms with van der Waals surface area (Å²) in [4.78, 5) is 13.6. The zero-order valence-electron chi connectivity index (χ0n) is 23.4. The lowest BCUT2D eigenvalue weighted by Gasteiger charge is -2.23. The van der Waals surface area contributed by atoms with E-state index in [2.05, 4.69) is 20.6 Å².